The summed E-state index contributed by atoms with van der Waals surface area (Å²) in [5.41, 5.74) is -1.21. The van der Waals surface area contributed by atoms with Gasteiger partial charge in [0.2, 0.25) is 0 Å². The molecule has 1 unspecified atom stereocenters. The van der Waals surface area contributed by atoms with Gasteiger partial charge in [-0.1, -0.05) is 0 Å². The zero-order valence-electron chi connectivity index (χ0n) is 7.33. The van der Waals surface area contributed by atoms with Crippen LogP contribution in [0, 0.1) is 0 Å². The molecule has 0 aliphatic rings. The van der Waals surface area contributed by atoms with Gasteiger partial charge in [-0.05, 0) is 11.1 Å². The van der Waals surface area contributed by atoms with Crippen LogP contribution in [0.5, 0.6) is 0 Å². The minimum Gasteiger partial charge on any atom is -0.767 e. The van der Waals surface area contributed by atoms with Gasteiger partial charge in [-0.25, -0.2) is 0 Å². The number of nitrogens with zero attached hydrogens (tertiary/aromatic N) is 2. The first-order chi connectivity index (χ1) is 5.82. The summed E-state index contributed by atoms with van der Waals surface area (Å²) in [5.74, 6) is 0. The smallest absolute Gasteiger partial charge is 0.767 e. The minimum absolute atomic E-state index is 0. The van der Waals surface area contributed by atoms with Crippen LogP contribution < -0.4 is 29.6 Å². The fraction of sp³-hybridized carbons (Fsp3) is 0.400. The first-order valence-electron chi connectivity index (χ1n) is 3.03. The third-order valence-corrected chi connectivity index (χ3v) is 2.02. The summed E-state index contributed by atoms with van der Waals surface area (Å²) in [5, 5.41) is 2.51. The summed E-state index contributed by atoms with van der Waals surface area (Å²) in [6.45, 7) is 0. The van der Waals surface area contributed by atoms with Gasteiger partial charge in [0, 0.05) is 13.1 Å². The molecule has 4 nitrogen and oxygen atoms in total. The first-order valence-corrected chi connectivity index (χ1v) is 4.10. The van der Waals surface area contributed by atoms with Crippen molar-refractivity contribution in [3.63, 3.8) is 0 Å². The molecular formula is C5H4F3N2NaO2S. The predicted octanol–water partition coefficient (Wildman–Crippen LogP) is -2.32. The second-order valence-corrected chi connectivity index (χ2v) is 3.11. The molecule has 0 amide bonds. The Morgan fingerprint density at radius 3 is 2.29 bits per heavy atom. The Kier molecular flexibility index (Phi) is 4.79. The van der Waals surface area contributed by atoms with Gasteiger partial charge in [0.1, 0.15) is 5.03 Å². The van der Waals surface area contributed by atoms with E-state index in [1.54, 1.807) is 0 Å². The van der Waals surface area contributed by atoms with Crippen LogP contribution in [0.25, 0.3) is 0 Å². The molecule has 9 heteroatoms. The number of hydrogen-bond donors (Lipinski definition) is 0. The van der Waals surface area contributed by atoms with Crippen LogP contribution in [0.15, 0.2) is 11.1 Å². The average Bonchev–Trinajstić information content (AvgIpc) is 2.29. The van der Waals surface area contributed by atoms with Gasteiger partial charge >= 0.3 is 35.7 Å². The summed E-state index contributed by atoms with van der Waals surface area (Å²) in [4.78, 5) is 0. The fourth-order valence-corrected chi connectivity index (χ4v) is 1.21. The van der Waals surface area contributed by atoms with Crippen LogP contribution in [-0.2, 0) is 24.3 Å². The van der Waals surface area contributed by atoms with E-state index in [9.17, 15) is 21.9 Å². The summed E-state index contributed by atoms with van der Waals surface area (Å²) >= 11 is -2.70. The van der Waals surface area contributed by atoms with E-state index in [4.69, 9.17) is 0 Å². The Morgan fingerprint density at radius 1 is 1.57 bits per heavy atom. The van der Waals surface area contributed by atoms with Crippen LogP contribution in [0.1, 0.15) is 5.69 Å². The topological polar surface area (TPSA) is 58.0 Å². The monoisotopic (exact) mass is 236 g/mol. The zero-order chi connectivity index (χ0) is 10.2. The molecule has 1 heterocycles. The molecular weight excluding hydrogens is 232 g/mol. The number of halogens is 3. The van der Waals surface area contributed by atoms with Gasteiger partial charge in [0.25, 0.3) is 0 Å². The number of rotatable bonds is 1. The summed E-state index contributed by atoms with van der Waals surface area (Å²) in [6.07, 6.45) is -4.62. The molecule has 0 spiro atoms. The molecule has 0 saturated heterocycles. The molecule has 0 aromatic carbocycles. The van der Waals surface area contributed by atoms with Gasteiger partial charge in [0.15, 0.2) is 5.69 Å². The van der Waals surface area contributed by atoms with Crippen LogP contribution in [-0.4, -0.2) is 18.5 Å². The van der Waals surface area contributed by atoms with E-state index in [0.717, 1.165) is 7.05 Å². The number of hydrogen-bond acceptors (Lipinski definition) is 3. The van der Waals surface area contributed by atoms with E-state index in [-0.39, 0.29) is 29.6 Å². The van der Waals surface area contributed by atoms with Crippen molar-refractivity contribution in [1.29, 1.82) is 0 Å². The van der Waals surface area contributed by atoms with E-state index in [2.05, 4.69) is 5.10 Å². The van der Waals surface area contributed by atoms with Gasteiger partial charge in [-0.3, -0.25) is 8.89 Å². The standard InChI is InChI=1S/C5H5F3N2O2S.Na/c1-10-4(13(11)12)2-3(9-10)5(6,7)8;/h2H,1H3,(H,11,12);/q;+1/p-1. The van der Waals surface area contributed by atoms with Crippen molar-refractivity contribution in [3.05, 3.63) is 11.8 Å². The summed E-state index contributed by atoms with van der Waals surface area (Å²) < 4.78 is 57.2. The van der Waals surface area contributed by atoms with Crippen LogP contribution in [0.4, 0.5) is 13.2 Å². The maximum Gasteiger partial charge on any atom is 1.00 e. The van der Waals surface area contributed by atoms with Crippen LogP contribution in [0.3, 0.4) is 0 Å². The quantitative estimate of drug-likeness (QED) is 0.406. The Balaban J connectivity index is 0.00000169. The van der Waals surface area contributed by atoms with E-state index < -0.39 is 28.0 Å². The van der Waals surface area contributed by atoms with Crippen molar-refractivity contribution in [3.8, 4) is 0 Å². The van der Waals surface area contributed by atoms with Crippen LogP contribution >= 0.6 is 0 Å². The molecule has 0 fully saturated rings. The van der Waals surface area contributed by atoms with Crippen molar-refractivity contribution in [2.75, 3.05) is 0 Å². The normalized spacial score (nSPS) is 13.5. The maximum atomic E-state index is 12.0. The van der Waals surface area contributed by atoms with Gasteiger partial charge < -0.3 is 4.55 Å². The number of aryl methyl sites for hydroxylation is 1. The van der Waals surface area contributed by atoms with E-state index >= 15 is 0 Å². The predicted molar refractivity (Wildman–Crippen MR) is 35.4 cm³/mol. The Bertz CT molecular complexity index is 351. The van der Waals surface area contributed by atoms with Crippen LogP contribution in [0.2, 0.25) is 0 Å². The van der Waals surface area contributed by atoms with Crippen molar-refractivity contribution in [2.45, 2.75) is 11.2 Å². The Hall–Kier alpha value is 0.110. The zero-order valence-corrected chi connectivity index (χ0v) is 10.1. The van der Waals surface area contributed by atoms with Crippen molar-refractivity contribution < 1.29 is 51.5 Å². The van der Waals surface area contributed by atoms with E-state index in [1.807, 2.05) is 0 Å². The minimum atomic E-state index is -4.62. The molecule has 0 bridgehead atoms. The summed E-state index contributed by atoms with van der Waals surface area (Å²) in [6, 6.07) is 0.475. The Labute approximate surface area is 102 Å². The fourth-order valence-electron chi connectivity index (χ4n) is 0.745. The SMILES string of the molecule is Cn1nc(C(F)(F)F)cc1S(=O)[O-].[Na+]. The van der Waals surface area contributed by atoms with Gasteiger partial charge in [0.05, 0.1) is 0 Å². The average molecular weight is 236 g/mol. The molecule has 74 valence electrons. The molecule has 0 aliphatic carbocycles. The molecule has 1 aromatic rings. The third kappa shape index (κ3) is 3.06. The molecule has 0 N–H and O–H groups in total. The second-order valence-electron chi connectivity index (χ2n) is 2.22. The number of aromatic nitrogens is 2. The van der Waals surface area contributed by atoms with E-state index in [0.29, 0.717) is 10.7 Å². The first kappa shape index (κ1) is 14.1. The molecule has 1 aromatic heterocycles. The van der Waals surface area contributed by atoms with Gasteiger partial charge in [-0.2, -0.15) is 18.3 Å². The largest absolute Gasteiger partial charge is 1.00 e. The Morgan fingerprint density at radius 2 is 2.07 bits per heavy atom. The van der Waals surface area contributed by atoms with E-state index in [1.165, 1.54) is 0 Å². The number of alkyl halides is 3. The molecule has 0 radical (unpaired) electrons. The molecule has 1 rings (SSSR count). The molecule has 14 heavy (non-hydrogen) atoms. The second kappa shape index (κ2) is 4.75. The van der Waals surface area contributed by atoms with Gasteiger partial charge in [-0.15, -0.1) is 0 Å². The van der Waals surface area contributed by atoms with Crippen molar-refractivity contribution in [2.24, 2.45) is 7.05 Å². The summed E-state index contributed by atoms with van der Waals surface area (Å²) in [7, 11) is 1.13. The van der Waals surface area contributed by atoms with Crippen molar-refractivity contribution >= 4 is 11.1 Å². The molecule has 0 saturated carbocycles. The molecule has 0 aliphatic heterocycles. The molecule has 1 atom stereocenters. The van der Waals surface area contributed by atoms with Crippen molar-refractivity contribution in [1.82, 2.24) is 9.78 Å². The third-order valence-electron chi connectivity index (χ3n) is 1.30. The maximum absolute atomic E-state index is 12.0.